The molecule has 0 saturated heterocycles. The lowest BCUT2D eigenvalue weighted by molar-refractivity contribution is -0.114. The molecule has 0 aliphatic rings. The van der Waals surface area contributed by atoms with Gasteiger partial charge in [-0.15, -0.1) is 0 Å². The maximum atomic E-state index is 10.7. The molecule has 0 saturated carbocycles. The Morgan fingerprint density at radius 1 is 1.56 bits per heavy atom. The Morgan fingerprint density at radius 3 is 2.67 bits per heavy atom. The molecule has 0 aromatic heterocycles. The van der Waals surface area contributed by atoms with Crippen LogP contribution in [0.3, 0.4) is 0 Å². The summed E-state index contributed by atoms with van der Waals surface area (Å²) in [6, 6.07) is 0. The minimum absolute atomic E-state index is 0.249. The summed E-state index contributed by atoms with van der Waals surface area (Å²) < 4.78 is 0. The number of carbonyl (C=O) groups excluding carboxylic acids is 1. The van der Waals surface area contributed by atoms with Crippen LogP contribution < -0.4 is 0 Å². The second-order valence-corrected chi connectivity index (χ2v) is 2.07. The standard InChI is InChI=1S/C8H14O/c1-3-5-7-8(9)6-4-2/h4,6H,3,5,7H2,1-2H3/b6-4-. The third kappa shape index (κ3) is 5.28. The van der Waals surface area contributed by atoms with Gasteiger partial charge in [-0.2, -0.15) is 0 Å². The van der Waals surface area contributed by atoms with E-state index >= 15 is 0 Å². The van der Waals surface area contributed by atoms with Crippen molar-refractivity contribution in [3.05, 3.63) is 12.2 Å². The number of carbonyl (C=O) groups is 1. The number of allylic oxidation sites excluding steroid dienone is 2. The first-order valence-corrected chi connectivity index (χ1v) is 3.46. The lowest BCUT2D eigenvalue weighted by Gasteiger charge is -1.89. The minimum atomic E-state index is 0.249. The second kappa shape index (κ2) is 5.54. The van der Waals surface area contributed by atoms with Gasteiger partial charge < -0.3 is 0 Å². The van der Waals surface area contributed by atoms with Gasteiger partial charge in [0.1, 0.15) is 0 Å². The zero-order valence-corrected chi connectivity index (χ0v) is 6.18. The number of hydrogen-bond donors (Lipinski definition) is 0. The van der Waals surface area contributed by atoms with Crippen molar-refractivity contribution in [1.82, 2.24) is 0 Å². The molecule has 0 aliphatic heterocycles. The van der Waals surface area contributed by atoms with E-state index in [4.69, 9.17) is 0 Å². The SMILES string of the molecule is C/C=C\C(=O)CCCC. The van der Waals surface area contributed by atoms with E-state index in [1.807, 2.05) is 6.92 Å². The Labute approximate surface area is 56.8 Å². The summed E-state index contributed by atoms with van der Waals surface area (Å²) in [5.41, 5.74) is 0. The van der Waals surface area contributed by atoms with E-state index in [-0.39, 0.29) is 5.78 Å². The van der Waals surface area contributed by atoms with Crippen molar-refractivity contribution in [2.45, 2.75) is 33.1 Å². The van der Waals surface area contributed by atoms with Crippen molar-refractivity contribution in [3.63, 3.8) is 0 Å². The van der Waals surface area contributed by atoms with Gasteiger partial charge in [0, 0.05) is 6.42 Å². The third-order valence-corrected chi connectivity index (χ3v) is 1.13. The number of ketones is 1. The van der Waals surface area contributed by atoms with Crippen LogP contribution in [0.4, 0.5) is 0 Å². The van der Waals surface area contributed by atoms with Gasteiger partial charge in [-0.25, -0.2) is 0 Å². The van der Waals surface area contributed by atoms with Gasteiger partial charge in [0.05, 0.1) is 0 Å². The fraction of sp³-hybridized carbons (Fsp3) is 0.625. The summed E-state index contributed by atoms with van der Waals surface area (Å²) >= 11 is 0. The number of rotatable bonds is 4. The highest BCUT2D eigenvalue weighted by atomic mass is 16.1. The first-order chi connectivity index (χ1) is 4.31. The Bertz CT molecular complexity index is 103. The van der Waals surface area contributed by atoms with Crippen LogP contribution in [0.15, 0.2) is 12.2 Å². The monoisotopic (exact) mass is 126 g/mol. The maximum absolute atomic E-state index is 10.7. The second-order valence-electron chi connectivity index (χ2n) is 2.07. The summed E-state index contributed by atoms with van der Waals surface area (Å²) in [5.74, 6) is 0.249. The molecule has 0 N–H and O–H groups in total. The Kier molecular flexibility index (Phi) is 5.18. The highest BCUT2D eigenvalue weighted by molar-refractivity contribution is 5.89. The zero-order chi connectivity index (χ0) is 7.11. The van der Waals surface area contributed by atoms with Crippen LogP contribution in [0, 0.1) is 0 Å². The van der Waals surface area contributed by atoms with E-state index in [9.17, 15) is 4.79 Å². The lowest BCUT2D eigenvalue weighted by atomic mass is 10.2. The molecule has 0 heterocycles. The van der Waals surface area contributed by atoms with Crippen LogP contribution in [0.25, 0.3) is 0 Å². The Hall–Kier alpha value is -0.590. The first-order valence-electron chi connectivity index (χ1n) is 3.46. The molecule has 0 spiro atoms. The van der Waals surface area contributed by atoms with Gasteiger partial charge in [-0.1, -0.05) is 19.4 Å². The Morgan fingerprint density at radius 2 is 2.22 bits per heavy atom. The average molecular weight is 126 g/mol. The van der Waals surface area contributed by atoms with Gasteiger partial charge in [0.2, 0.25) is 0 Å². The first kappa shape index (κ1) is 8.41. The molecule has 1 nitrogen and oxygen atoms in total. The fourth-order valence-corrected chi connectivity index (χ4v) is 0.620. The molecule has 1 heteroatoms. The van der Waals surface area contributed by atoms with E-state index < -0.39 is 0 Å². The maximum Gasteiger partial charge on any atom is 0.155 e. The molecule has 0 amide bonds. The molecule has 9 heavy (non-hydrogen) atoms. The molecule has 0 aliphatic carbocycles. The molecular formula is C8H14O. The summed E-state index contributed by atoms with van der Waals surface area (Å²) in [5, 5.41) is 0. The lowest BCUT2D eigenvalue weighted by Crippen LogP contribution is -1.90. The van der Waals surface area contributed by atoms with Crippen LogP contribution in [0.5, 0.6) is 0 Å². The van der Waals surface area contributed by atoms with Crippen molar-refractivity contribution < 1.29 is 4.79 Å². The number of hydrogen-bond acceptors (Lipinski definition) is 1. The van der Waals surface area contributed by atoms with E-state index in [0.29, 0.717) is 6.42 Å². The van der Waals surface area contributed by atoms with Crippen molar-refractivity contribution in [3.8, 4) is 0 Å². The van der Waals surface area contributed by atoms with E-state index in [1.54, 1.807) is 12.2 Å². The van der Waals surface area contributed by atoms with Gasteiger partial charge >= 0.3 is 0 Å². The van der Waals surface area contributed by atoms with Gasteiger partial charge in [-0.3, -0.25) is 4.79 Å². The molecule has 52 valence electrons. The molecule has 0 bridgehead atoms. The smallest absolute Gasteiger partial charge is 0.155 e. The van der Waals surface area contributed by atoms with Gasteiger partial charge in [-0.05, 0) is 19.4 Å². The van der Waals surface area contributed by atoms with Crippen LogP contribution in [-0.4, -0.2) is 5.78 Å². The molecule has 0 unspecified atom stereocenters. The van der Waals surface area contributed by atoms with E-state index in [2.05, 4.69) is 6.92 Å². The molecule has 0 atom stereocenters. The Balaban J connectivity index is 3.27. The van der Waals surface area contributed by atoms with Crippen LogP contribution in [-0.2, 0) is 4.79 Å². The summed E-state index contributed by atoms with van der Waals surface area (Å²) in [4.78, 5) is 10.7. The molecule has 0 aromatic rings. The van der Waals surface area contributed by atoms with E-state index in [1.165, 1.54) is 0 Å². The van der Waals surface area contributed by atoms with Gasteiger partial charge in [0.25, 0.3) is 0 Å². The predicted octanol–water partition coefficient (Wildman–Crippen LogP) is 2.32. The summed E-state index contributed by atoms with van der Waals surface area (Å²) in [7, 11) is 0. The van der Waals surface area contributed by atoms with Gasteiger partial charge in [0.15, 0.2) is 5.78 Å². The molecule has 0 radical (unpaired) electrons. The minimum Gasteiger partial charge on any atom is -0.295 e. The van der Waals surface area contributed by atoms with Crippen LogP contribution in [0.2, 0.25) is 0 Å². The van der Waals surface area contributed by atoms with Crippen LogP contribution in [0.1, 0.15) is 33.1 Å². The third-order valence-electron chi connectivity index (χ3n) is 1.13. The molecule has 0 aromatic carbocycles. The highest BCUT2D eigenvalue weighted by Gasteiger charge is 1.91. The molecule has 0 rings (SSSR count). The molecular weight excluding hydrogens is 112 g/mol. The average Bonchev–Trinajstić information content (AvgIpc) is 1.85. The fourth-order valence-electron chi connectivity index (χ4n) is 0.620. The topological polar surface area (TPSA) is 17.1 Å². The largest absolute Gasteiger partial charge is 0.295 e. The predicted molar refractivity (Wildman–Crippen MR) is 39.3 cm³/mol. The quantitative estimate of drug-likeness (QED) is 0.528. The zero-order valence-electron chi connectivity index (χ0n) is 6.18. The highest BCUT2D eigenvalue weighted by Crippen LogP contribution is 1.95. The normalized spacial score (nSPS) is 10.4. The van der Waals surface area contributed by atoms with Crippen molar-refractivity contribution in [2.75, 3.05) is 0 Å². The van der Waals surface area contributed by atoms with Crippen molar-refractivity contribution in [2.24, 2.45) is 0 Å². The van der Waals surface area contributed by atoms with Crippen molar-refractivity contribution in [1.29, 1.82) is 0 Å². The number of unbranched alkanes of at least 4 members (excludes halogenated alkanes) is 1. The van der Waals surface area contributed by atoms with E-state index in [0.717, 1.165) is 12.8 Å². The summed E-state index contributed by atoms with van der Waals surface area (Å²) in [6.07, 6.45) is 6.25. The van der Waals surface area contributed by atoms with Crippen LogP contribution >= 0.6 is 0 Å². The molecule has 0 fully saturated rings. The van der Waals surface area contributed by atoms with Crippen molar-refractivity contribution >= 4 is 5.78 Å². The summed E-state index contributed by atoms with van der Waals surface area (Å²) in [6.45, 7) is 3.95.